The molecule has 1 unspecified atom stereocenters. The summed E-state index contributed by atoms with van der Waals surface area (Å²) in [6.45, 7) is 6.28. The summed E-state index contributed by atoms with van der Waals surface area (Å²) in [7, 11) is 0. The van der Waals surface area contributed by atoms with Crippen LogP contribution in [0.5, 0.6) is 5.88 Å². The van der Waals surface area contributed by atoms with Crippen LogP contribution >= 0.6 is 0 Å². The summed E-state index contributed by atoms with van der Waals surface area (Å²) in [5.74, 6) is 1.12. The van der Waals surface area contributed by atoms with Crippen molar-refractivity contribution in [2.75, 3.05) is 11.9 Å². The second kappa shape index (κ2) is 6.27. The van der Waals surface area contributed by atoms with Gasteiger partial charge in [-0.1, -0.05) is 0 Å². The van der Waals surface area contributed by atoms with E-state index in [1.165, 1.54) is 0 Å². The summed E-state index contributed by atoms with van der Waals surface area (Å²) < 4.78 is 5.50. The van der Waals surface area contributed by atoms with Crippen LogP contribution in [0.4, 0.5) is 5.82 Å². The molecule has 0 aliphatic carbocycles. The zero-order chi connectivity index (χ0) is 12.0. The third-order valence-corrected chi connectivity index (χ3v) is 1.87. The first-order chi connectivity index (χ1) is 7.59. The van der Waals surface area contributed by atoms with Crippen molar-refractivity contribution in [2.45, 2.75) is 39.4 Å². The fourth-order valence-electron chi connectivity index (χ4n) is 1.16. The summed E-state index contributed by atoms with van der Waals surface area (Å²) in [6, 6.07) is 0. The summed E-state index contributed by atoms with van der Waals surface area (Å²) >= 11 is 0. The Bertz CT molecular complexity index is 316. The topological polar surface area (TPSA) is 67.3 Å². The van der Waals surface area contributed by atoms with Crippen LogP contribution in [-0.4, -0.2) is 33.8 Å². The minimum absolute atomic E-state index is 0.0639. The van der Waals surface area contributed by atoms with E-state index in [9.17, 15) is 0 Å². The van der Waals surface area contributed by atoms with Gasteiger partial charge in [0.2, 0.25) is 0 Å². The molecule has 0 radical (unpaired) electrons. The quantitative estimate of drug-likeness (QED) is 0.767. The van der Waals surface area contributed by atoms with Gasteiger partial charge in [0.05, 0.1) is 12.2 Å². The fourth-order valence-corrected chi connectivity index (χ4v) is 1.16. The molecular formula is C11H19N3O2. The highest BCUT2D eigenvalue weighted by Crippen LogP contribution is 2.18. The molecule has 5 heteroatoms. The number of ether oxygens (including phenoxy) is 1. The molecular weight excluding hydrogens is 206 g/mol. The Balaban J connectivity index is 2.56. The Hall–Kier alpha value is -1.36. The van der Waals surface area contributed by atoms with E-state index in [1.54, 1.807) is 19.3 Å². The third-order valence-electron chi connectivity index (χ3n) is 1.87. The number of hydrogen-bond donors (Lipinski definition) is 2. The SMILES string of the molecule is CC(O)CCNc1nccnc1OC(C)C. The van der Waals surface area contributed by atoms with Gasteiger partial charge in [0.15, 0.2) is 5.82 Å². The van der Waals surface area contributed by atoms with Crippen LogP contribution in [0.2, 0.25) is 0 Å². The van der Waals surface area contributed by atoms with Crippen LogP contribution in [0.15, 0.2) is 12.4 Å². The molecule has 1 rings (SSSR count). The van der Waals surface area contributed by atoms with Gasteiger partial charge in [0.25, 0.3) is 5.88 Å². The number of nitrogens with zero attached hydrogens (tertiary/aromatic N) is 2. The third kappa shape index (κ3) is 4.44. The number of aromatic nitrogens is 2. The summed E-state index contributed by atoms with van der Waals surface area (Å²) in [6.07, 6.45) is 3.61. The van der Waals surface area contributed by atoms with Crippen molar-refractivity contribution in [3.8, 4) is 5.88 Å². The molecule has 1 aromatic heterocycles. The predicted octanol–water partition coefficient (Wildman–Crippen LogP) is 1.45. The van der Waals surface area contributed by atoms with Crippen LogP contribution in [0, 0.1) is 0 Å². The predicted molar refractivity (Wildman–Crippen MR) is 62.6 cm³/mol. The summed E-state index contributed by atoms with van der Waals surface area (Å²) in [5.41, 5.74) is 0. The van der Waals surface area contributed by atoms with Crippen LogP contribution in [0.3, 0.4) is 0 Å². The second-order valence-corrected chi connectivity index (χ2v) is 3.94. The molecule has 2 N–H and O–H groups in total. The highest BCUT2D eigenvalue weighted by molar-refractivity contribution is 5.44. The van der Waals surface area contributed by atoms with Crippen molar-refractivity contribution in [3.63, 3.8) is 0 Å². The summed E-state index contributed by atoms with van der Waals surface area (Å²) in [4.78, 5) is 8.26. The molecule has 0 fully saturated rings. The van der Waals surface area contributed by atoms with E-state index in [-0.39, 0.29) is 12.2 Å². The van der Waals surface area contributed by atoms with Gasteiger partial charge in [0.1, 0.15) is 0 Å². The van der Waals surface area contributed by atoms with Crippen LogP contribution in [0.1, 0.15) is 27.2 Å². The maximum Gasteiger partial charge on any atom is 0.257 e. The monoisotopic (exact) mass is 225 g/mol. The molecule has 16 heavy (non-hydrogen) atoms. The molecule has 0 aromatic carbocycles. The van der Waals surface area contributed by atoms with Crippen LogP contribution in [-0.2, 0) is 0 Å². The minimum atomic E-state index is -0.321. The largest absolute Gasteiger partial charge is 0.472 e. The standard InChI is InChI=1S/C11H19N3O2/c1-8(2)16-11-10(13-6-7-14-11)12-5-4-9(3)15/h6-9,15H,4-5H2,1-3H3,(H,12,13). The van der Waals surface area contributed by atoms with Crippen LogP contribution in [0.25, 0.3) is 0 Å². The van der Waals surface area contributed by atoms with Gasteiger partial charge in [0, 0.05) is 18.9 Å². The maximum atomic E-state index is 9.14. The van der Waals surface area contributed by atoms with Crippen molar-refractivity contribution in [3.05, 3.63) is 12.4 Å². The molecule has 1 aromatic rings. The van der Waals surface area contributed by atoms with E-state index in [0.717, 1.165) is 0 Å². The molecule has 0 spiro atoms. The van der Waals surface area contributed by atoms with Crippen molar-refractivity contribution in [1.29, 1.82) is 0 Å². The molecule has 0 bridgehead atoms. The lowest BCUT2D eigenvalue weighted by atomic mass is 10.3. The Morgan fingerprint density at radius 1 is 1.31 bits per heavy atom. The average molecular weight is 225 g/mol. The van der Waals surface area contributed by atoms with Gasteiger partial charge in [-0.25, -0.2) is 9.97 Å². The highest BCUT2D eigenvalue weighted by Gasteiger charge is 2.07. The lowest BCUT2D eigenvalue weighted by Gasteiger charge is -2.13. The van der Waals surface area contributed by atoms with E-state index in [4.69, 9.17) is 9.84 Å². The van der Waals surface area contributed by atoms with Gasteiger partial charge in [-0.3, -0.25) is 0 Å². The Morgan fingerprint density at radius 2 is 2.00 bits per heavy atom. The van der Waals surface area contributed by atoms with Crippen molar-refractivity contribution in [1.82, 2.24) is 9.97 Å². The number of rotatable bonds is 6. The molecule has 0 aliphatic heterocycles. The van der Waals surface area contributed by atoms with E-state index in [1.807, 2.05) is 13.8 Å². The molecule has 0 saturated carbocycles. The minimum Gasteiger partial charge on any atom is -0.472 e. The maximum absolute atomic E-state index is 9.14. The molecule has 1 heterocycles. The first kappa shape index (κ1) is 12.7. The Kier molecular flexibility index (Phi) is 4.98. The first-order valence-corrected chi connectivity index (χ1v) is 5.49. The number of aliphatic hydroxyl groups excluding tert-OH is 1. The van der Waals surface area contributed by atoms with Crippen LogP contribution < -0.4 is 10.1 Å². The van der Waals surface area contributed by atoms with Gasteiger partial charge in [-0.2, -0.15) is 0 Å². The van der Waals surface area contributed by atoms with Gasteiger partial charge in [-0.05, 0) is 27.2 Å². The number of aliphatic hydroxyl groups is 1. The van der Waals surface area contributed by atoms with Gasteiger partial charge < -0.3 is 15.2 Å². The fraction of sp³-hybridized carbons (Fsp3) is 0.636. The Labute approximate surface area is 95.9 Å². The zero-order valence-corrected chi connectivity index (χ0v) is 9.97. The van der Waals surface area contributed by atoms with Gasteiger partial charge in [-0.15, -0.1) is 0 Å². The lowest BCUT2D eigenvalue weighted by Crippen LogP contribution is -2.14. The molecule has 90 valence electrons. The number of nitrogens with one attached hydrogen (secondary N) is 1. The van der Waals surface area contributed by atoms with Crippen molar-refractivity contribution >= 4 is 5.82 Å². The summed E-state index contributed by atoms with van der Waals surface area (Å²) in [5, 5.41) is 12.2. The number of anilines is 1. The van der Waals surface area contributed by atoms with E-state index in [2.05, 4.69) is 15.3 Å². The normalized spacial score (nSPS) is 12.6. The van der Waals surface area contributed by atoms with Crippen molar-refractivity contribution in [2.24, 2.45) is 0 Å². The first-order valence-electron chi connectivity index (χ1n) is 5.49. The van der Waals surface area contributed by atoms with E-state index >= 15 is 0 Å². The Morgan fingerprint density at radius 3 is 2.62 bits per heavy atom. The molecule has 1 atom stereocenters. The second-order valence-electron chi connectivity index (χ2n) is 3.94. The molecule has 0 aliphatic rings. The van der Waals surface area contributed by atoms with Gasteiger partial charge >= 0.3 is 0 Å². The van der Waals surface area contributed by atoms with Crippen molar-refractivity contribution < 1.29 is 9.84 Å². The molecule has 0 saturated heterocycles. The highest BCUT2D eigenvalue weighted by atomic mass is 16.5. The van der Waals surface area contributed by atoms with E-state index in [0.29, 0.717) is 24.7 Å². The molecule has 5 nitrogen and oxygen atoms in total. The molecule has 0 amide bonds. The smallest absolute Gasteiger partial charge is 0.257 e. The van der Waals surface area contributed by atoms with E-state index < -0.39 is 0 Å². The number of hydrogen-bond acceptors (Lipinski definition) is 5. The lowest BCUT2D eigenvalue weighted by molar-refractivity contribution is 0.188. The average Bonchev–Trinajstić information content (AvgIpc) is 2.19. The zero-order valence-electron chi connectivity index (χ0n) is 9.97.